The Kier molecular flexibility index (Phi) is 3.23. The van der Waals surface area contributed by atoms with Crippen LogP contribution < -0.4 is 5.73 Å². The van der Waals surface area contributed by atoms with Crippen molar-refractivity contribution in [3.8, 4) is 21.7 Å². The van der Waals surface area contributed by atoms with Crippen molar-refractivity contribution in [2.75, 3.05) is 5.73 Å². The summed E-state index contributed by atoms with van der Waals surface area (Å²) in [6, 6.07) is 10.0. The molecule has 3 rings (SSSR count). The van der Waals surface area contributed by atoms with Crippen LogP contribution in [-0.2, 0) is 7.05 Å². The number of nitrogens with two attached hydrogens (primary N) is 1. The van der Waals surface area contributed by atoms with Crippen molar-refractivity contribution in [2.45, 2.75) is 0 Å². The molecule has 0 spiro atoms. The highest BCUT2D eigenvalue weighted by molar-refractivity contribution is 7.19. The normalized spacial score (nSPS) is 10.9. The van der Waals surface area contributed by atoms with Crippen molar-refractivity contribution < 1.29 is 4.39 Å². The quantitative estimate of drug-likeness (QED) is 0.771. The second-order valence-electron chi connectivity index (χ2n) is 4.35. The number of thiophene rings is 1. The molecule has 1 aromatic carbocycles. The van der Waals surface area contributed by atoms with Crippen LogP contribution in [0.25, 0.3) is 21.7 Å². The topological polar surface area (TPSA) is 43.8 Å². The van der Waals surface area contributed by atoms with Gasteiger partial charge in [-0.2, -0.15) is 5.10 Å². The monoisotopic (exact) mass is 307 g/mol. The Bertz CT molecular complexity index is 779. The summed E-state index contributed by atoms with van der Waals surface area (Å²) in [5, 5.41) is 4.42. The van der Waals surface area contributed by atoms with Crippen LogP contribution in [-0.4, -0.2) is 9.78 Å². The molecule has 0 saturated carbocycles. The van der Waals surface area contributed by atoms with Gasteiger partial charge in [0.05, 0.1) is 14.8 Å². The number of anilines is 1. The molecule has 3 nitrogen and oxygen atoms in total. The van der Waals surface area contributed by atoms with E-state index in [2.05, 4.69) is 5.10 Å². The Morgan fingerprint density at radius 3 is 2.75 bits per heavy atom. The van der Waals surface area contributed by atoms with E-state index in [1.54, 1.807) is 17.8 Å². The highest BCUT2D eigenvalue weighted by Crippen LogP contribution is 2.39. The van der Waals surface area contributed by atoms with Crippen LogP contribution in [0.4, 0.5) is 10.2 Å². The smallest absolute Gasteiger partial charge is 0.129 e. The van der Waals surface area contributed by atoms with Gasteiger partial charge < -0.3 is 5.73 Å². The maximum Gasteiger partial charge on any atom is 0.129 e. The van der Waals surface area contributed by atoms with Gasteiger partial charge in [0.2, 0.25) is 0 Å². The van der Waals surface area contributed by atoms with Gasteiger partial charge in [-0.15, -0.1) is 11.3 Å². The van der Waals surface area contributed by atoms with Crippen LogP contribution in [0.3, 0.4) is 0 Å². The lowest BCUT2D eigenvalue weighted by molar-refractivity contribution is 0.628. The van der Waals surface area contributed by atoms with Crippen LogP contribution >= 0.6 is 22.9 Å². The molecule has 2 N–H and O–H groups in total. The molecule has 3 aromatic rings. The van der Waals surface area contributed by atoms with Gasteiger partial charge in [0.1, 0.15) is 17.3 Å². The molecule has 0 amide bonds. The number of hydrogen-bond donors (Lipinski definition) is 1. The first-order valence-electron chi connectivity index (χ1n) is 5.90. The Morgan fingerprint density at radius 2 is 2.10 bits per heavy atom. The second-order valence-corrected chi connectivity index (χ2v) is 6.06. The molecule has 0 aliphatic carbocycles. The summed E-state index contributed by atoms with van der Waals surface area (Å²) >= 11 is 7.39. The molecule has 0 unspecified atom stereocenters. The zero-order valence-corrected chi connectivity index (χ0v) is 12.2. The fourth-order valence-electron chi connectivity index (χ4n) is 2.08. The molecular formula is C14H11ClFN3S. The summed E-state index contributed by atoms with van der Waals surface area (Å²) in [7, 11) is 1.76. The lowest BCUT2D eigenvalue weighted by Crippen LogP contribution is -1.98. The SMILES string of the molecule is Cn1nc(-c2ccc(Cl)s2)c(-c2cccc(F)c2)c1N. The molecule has 0 fully saturated rings. The lowest BCUT2D eigenvalue weighted by Gasteiger charge is -2.03. The highest BCUT2D eigenvalue weighted by atomic mass is 35.5. The average Bonchev–Trinajstić information content (AvgIpc) is 2.95. The third kappa shape index (κ3) is 2.19. The lowest BCUT2D eigenvalue weighted by atomic mass is 10.0. The van der Waals surface area contributed by atoms with E-state index in [1.165, 1.54) is 23.5 Å². The minimum atomic E-state index is -0.305. The molecule has 20 heavy (non-hydrogen) atoms. The van der Waals surface area contributed by atoms with Crippen LogP contribution in [0.5, 0.6) is 0 Å². The van der Waals surface area contributed by atoms with E-state index in [-0.39, 0.29) is 5.82 Å². The van der Waals surface area contributed by atoms with Crippen LogP contribution in [0.1, 0.15) is 0 Å². The summed E-state index contributed by atoms with van der Waals surface area (Å²) in [5.41, 5.74) is 8.23. The van der Waals surface area contributed by atoms with E-state index in [0.717, 1.165) is 10.4 Å². The van der Waals surface area contributed by atoms with Crippen LogP contribution in [0.2, 0.25) is 4.34 Å². The molecule has 0 bridgehead atoms. The highest BCUT2D eigenvalue weighted by Gasteiger charge is 2.18. The van der Waals surface area contributed by atoms with Gasteiger partial charge in [0.15, 0.2) is 0 Å². The first-order valence-corrected chi connectivity index (χ1v) is 7.10. The number of rotatable bonds is 2. The summed E-state index contributed by atoms with van der Waals surface area (Å²) in [6.07, 6.45) is 0. The standard InChI is InChI=1S/C14H11ClFN3S/c1-19-14(17)12(8-3-2-4-9(16)7-8)13(18-19)10-5-6-11(15)20-10/h2-7H,17H2,1H3. The van der Waals surface area contributed by atoms with Gasteiger partial charge in [0, 0.05) is 7.05 Å². The van der Waals surface area contributed by atoms with Crippen molar-refractivity contribution in [2.24, 2.45) is 7.05 Å². The predicted molar refractivity (Wildman–Crippen MR) is 81.3 cm³/mol. The summed E-state index contributed by atoms with van der Waals surface area (Å²) in [6.45, 7) is 0. The summed E-state index contributed by atoms with van der Waals surface area (Å²) in [5.74, 6) is 0.191. The number of nitrogen functional groups attached to an aromatic ring is 1. The van der Waals surface area contributed by atoms with Crippen LogP contribution in [0.15, 0.2) is 36.4 Å². The number of nitrogens with zero attached hydrogens (tertiary/aromatic N) is 2. The second kappa shape index (κ2) is 4.92. The zero-order valence-electron chi connectivity index (χ0n) is 10.6. The van der Waals surface area contributed by atoms with Crippen molar-refractivity contribution in [1.82, 2.24) is 9.78 Å². The molecule has 0 atom stereocenters. The minimum absolute atomic E-state index is 0.305. The third-order valence-electron chi connectivity index (χ3n) is 3.01. The molecule has 0 aliphatic heterocycles. The fourth-order valence-corrected chi connectivity index (χ4v) is 3.11. The molecule has 2 heterocycles. The van der Waals surface area contributed by atoms with Gasteiger partial charge in [-0.3, -0.25) is 4.68 Å². The molecular weight excluding hydrogens is 297 g/mol. The number of benzene rings is 1. The largest absolute Gasteiger partial charge is 0.383 e. The number of aryl methyl sites for hydroxylation is 1. The van der Waals surface area contributed by atoms with Gasteiger partial charge >= 0.3 is 0 Å². The Balaban J connectivity index is 2.24. The number of aromatic nitrogens is 2. The third-order valence-corrected chi connectivity index (χ3v) is 4.25. The average molecular weight is 308 g/mol. The minimum Gasteiger partial charge on any atom is -0.383 e. The van der Waals surface area contributed by atoms with E-state index in [4.69, 9.17) is 17.3 Å². The molecule has 0 radical (unpaired) electrons. The predicted octanol–water partition coefficient (Wildman–Crippen LogP) is 4.19. The van der Waals surface area contributed by atoms with E-state index in [0.29, 0.717) is 21.4 Å². The fraction of sp³-hybridized carbons (Fsp3) is 0.0714. The molecule has 6 heteroatoms. The molecule has 0 aliphatic rings. The van der Waals surface area contributed by atoms with Crippen molar-refractivity contribution in [3.05, 3.63) is 46.6 Å². The van der Waals surface area contributed by atoms with Crippen molar-refractivity contribution >= 4 is 28.8 Å². The zero-order chi connectivity index (χ0) is 14.3. The van der Waals surface area contributed by atoms with Crippen molar-refractivity contribution in [1.29, 1.82) is 0 Å². The maximum absolute atomic E-state index is 13.4. The number of hydrogen-bond acceptors (Lipinski definition) is 3. The van der Waals surface area contributed by atoms with Crippen LogP contribution in [0, 0.1) is 5.82 Å². The van der Waals surface area contributed by atoms with E-state index >= 15 is 0 Å². The molecule has 2 aromatic heterocycles. The molecule has 0 saturated heterocycles. The Morgan fingerprint density at radius 1 is 1.30 bits per heavy atom. The van der Waals surface area contributed by atoms with Crippen molar-refractivity contribution in [3.63, 3.8) is 0 Å². The van der Waals surface area contributed by atoms with Gasteiger partial charge in [-0.25, -0.2) is 4.39 Å². The van der Waals surface area contributed by atoms with E-state index in [1.807, 2.05) is 18.2 Å². The first-order chi connectivity index (χ1) is 9.56. The van der Waals surface area contributed by atoms with E-state index < -0.39 is 0 Å². The first kappa shape index (κ1) is 13.1. The summed E-state index contributed by atoms with van der Waals surface area (Å²) in [4.78, 5) is 0.904. The Labute approximate surface area is 124 Å². The maximum atomic E-state index is 13.4. The van der Waals surface area contributed by atoms with Gasteiger partial charge in [0.25, 0.3) is 0 Å². The molecule has 102 valence electrons. The number of halogens is 2. The van der Waals surface area contributed by atoms with E-state index in [9.17, 15) is 4.39 Å². The summed E-state index contributed by atoms with van der Waals surface area (Å²) < 4.78 is 15.7. The van der Waals surface area contributed by atoms with Gasteiger partial charge in [-0.1, -0.05) is 23.7 Å². The Hall–Kier alpha value is -1.85. The van der Waals surface area contributed by atoms with Gasteiger partial charge in [-0.05, 0) is 29.8 Å².